The Hall–Kier alpha value is -3.46. The third kappa shape index (κ3) is 3.41. The fourth-order valence-electron chi connectivity index (χ4n) is 2.08. The molecule has 1 N–H and O–H groups in total. The van der Waals surface area contributed by atoms with E-state index in [2.05, 4.69) is 21.6 Å². The standard InChI is InChI=1S/C17H13N5O/c18-10-13-5-4-6-14(9-13)11-19-17(23)16-12-20-22(21-16)15-7-2-1-3-8-15/h1-9,12H,11H2,(H,19,23). The minimum Gasteiger partial charge on any atom is -0.347 e. The SMILES string of the molecule is N#Cc1cccc(CNC(=O)c2cnn(-c3ccccc3)n2)c1. The van der Waals surface area contributed by atoms with Crippen LogP contribution in [0, 0.1) is 11.3 Å². The fraction of sp³-hybridized carbons (Fsp3) is 0.0588. The van der Waals surface area contributed by atoms with E-state index in [4.69, 9.17) is 5.26 Å². The van der Waals surface area contributed by atoms with E-state index in [9.17, 15) is 4.79 Å². The zero-order chi connectivity index (χ0) is 16.1. The third-order valence-corrected chi connectivity index (χ3v) is 3.22. The number of carbonyl (C=O) groups is 1. The largest absolute Gasteiger partial charge is 0.347 e. The molecule has 0 unspecified atom stereocenters. The van der Waals surface area contributed by atoms with Crippen molar-refractivity contribution in [3.8, 4) is 11.8 Å². The molecule has 0 spiro atoms. The van der Waals surface area contributed by atoms with Gasteiger partial charge in [-0.25, -0.2) is 0 Å². The lowest BCUT2D eigenvalue weighted by Crippen LogP contribution is -2.23. The normalized spacial score (nSPS) is 10.0. The zero-order valence-corrected chi connectivity index (χ0v) is 12.2. The molecule has 3 aromatic rings. The highest BCUT2D eigenvalue weighted by Crippen LogP contribution is 2.06. The molecule has 0 aliphatic heterocycles. The Kier molecular flexibility index (Phi) is 4.11. The van der Waals surface area contributed by atoms with E-state index in [1.807, 2.05) is 36.4 Å². The van der Waals surface area contributed by atoms with Crippen molar-refractivity contribution in [2.75, 3.05) is 0 Å². The van der Waals surface area contributed by atoms with Gasteiger partial charge in [0.05, 0.1) is 23.5 Å². The fourth-order valence-corrected chi connectivity index (χ4v) is 2.08. The molecule has 2 aromatic carbocycles. The number of benzene rings is 2. The molecular formula is C17H13N5O. The molecule has 1 aromatic heterocycles. The number of amides is 1. The molecule has 0 fully saturated rings. The van der Waals surface area contributed by atoms with Gasteiger partial charge in [-0.1, -0.05) is 30.3 Å². The average molecular weight is 303 g/mol. The second kappa shape index (κ2) is 6.54. The number of nitrogens with one attached hydrogen (secondary N) is 1. The van der Waals surface area contributed by atoms with E-state index in [1.54, 1.807) is 18.2 Å². The molecule has 6 heteroatoms. The molecule has 23 heavy (non-hydrogen) atoms. The Bertz CT molecular complexity index is 864. The van der Waals surface area contributed by atoms with Crippen molar-refractivity contribution in [2.45, 2.75) is 6.54 Å². The van der Waals surface area contributed by atoms with E-state index in [0.29, 0.717) is 12.1 Å². The van der Waals surface area contributed by atoms with E-state index in [1.165, 1.54) is 11.0 Å². The van der Waals surface area contributed by atoms with Gasteiger partial charge >= 0.3 is 0 Å². The van der Waals surface area contributed by atoms with Crippen molar-refractivity contribution in [1.82, 2.24) is 20.3 Å². The van der Waals surface area contributed by atoms with Crippen molar-refractivity contribution in [1.29, 1.82) is 5.26 Å². The van der Waals surface area contributed by atoms with Crippen LogP contribution < -0.4 is 5.32 Å². The maximum absolute atomic E-state index is 12.1. The Morgan fingerprint density at radius 2 is 2.00 bits per heavy atom. The summed E-state index contributed by atoms with van der Waals surface area (Å²) < 4.78 is 0. The van der Waals surface area contributed by atoms with Crippen LogP contribution >= 0.6 is 0 Å². The maximum Gasteiger partial charge on any atom is 0.273 e. The van der Waals surface area contributed by atoms with E-state index in [0.717, 1.165) is 11.3 Å². The molecular weight excluding hydrogens is 290 g/mol. The van der Waals surface area contributed by atoms with Gasteiger partial charge in [-0.2, -0.15) is 15.2 Å². The van der Waals surface area contributed by atoms with Crippen LogP contribution in [0.4, 0.5) is 0 Å². The molecule has 1 heterocycles. The summed E-state index contributed by atoms with van der Waals surface area (Å²) in [7, 11) is 0. The van der Waals surface area contributed by atoms with Crippen molar-refractivity contribution in [3.63, 3.8) is 0 Å². The first kappa shape index (κ1) is 14.5. The molecule has 1 amide bonds. The Labute approximate surface area is 133 Å². The number of hydrogen-bond acceptors (Lipinski definition) is 4. The van der Waals surface area contributed by atoms with Crippen molar-refractivity contribution >= 4 is 5.91 Å². The van der Waals surface area contributed by atoms with Crippen molar-refractivity contribution < 1.29 is 4.79 Å². The Morgan fingerprint density at radius 3 is 2.78 bits per heavy atom. The van der Waals surface area contributed by atoms with Gasteiger partial charge in [0.15, 0.2) is 5.69 Å². The Balaban J connectivity index is 1.67. The van der Waals surface area contributed by atoms with Crippen molar-refractivity contribution in [3.05, 3.63) is 77.6 Å². The number of hydrogen-bond donors (Lipinski definition) is 1. The highest BCUT2D eigenvalue weighted by molar-refractivity contribution is 5.91. The summed E-state index contributed by atoms with van der Waals surface area (Å²) in [6, 6.07) is 18.5. The van der Waals surface area contributed by atoms with Gasteiger partial charge in [0.25, 0.3) is 5.91 Å². The van der Waals surface area contributed by atoms with Gasteiger partial charge in [-0.3, -0.25) is 4.79 Å². The third-order valence-electron chi connectivity index (χ3n) is 3.22. The zero-order valence-electron chi connectivity index (χ0n) is 12.2. The van der Waals surface area contributed by atoms with Crippen LogP contribution in [0.2, 0.25) is 0 Å². The molecule has 0 saturated carbocycles. The minimum atomic E-state index is -0.311. The monoisotopic (exact) mass is 303 g/mol. The minimum absolute atomic E-state index is 0.241. The van der Waals surface area contributed by atoms with Crippen LogP contribution in [-0.2, 0) is 6.54 Å². The van der Waals surface area contributed by atoms with Crippen LogP contribution in [-0.4, -0.2) is 20.9 Å². The summed E-state index contributed by atoms with van der Waals surface area (Å²) in [6.45, 7) is 0.326. The molecule has 0 bridgehead atoms. The molecule has 0 saturated heterocycles. The van der Waals surface area contributed by atoms with E-state index < -0.39 is 0 Å². The van der Waals surface area contributed by atoms with Crippen LogP contribution in [0.5, 0.6) is 0 Å². The molecule has 6 nitrogen and oxygen atoms in total. The first-order valence-corrected chi connectivity index (χ1v) is 7.01. The lowest BCUT2D eigenvalue weighted by Gasteiger charge is -2.03. The molecule has 0 aliphatic carbocycles. The maximum atomic E-state index is 12.1. The van der Waals surface area contributed by atoms with Gasteiger partial charge in [0.1, 0.15) is 0 Å². The van der Waals surface area contributed by atoms with Gasteiger partial charge in [-0.05, 0) is 29.8 Å². The smallest absolute Gasteiger partial charge is 0.273 e. The number of nitriles is 1. The summed E-state index contributed by atoms with van der Waals surface area (Å²) >= 11 is 0. The number of para-hydroxylation sites is 1. The van der Waals surface area contributed by atoms with Crippen LogP contribution in [0.15, 0.2) is 60.8 Å². The quantitative estimate of drug-likeness (QED) is 0.799. The van der Waals surface area contributed by atoms with Gasteiger partial charge in [0.2, 0.25) is 0 Å². The molecule has 0 atom stereocenters. The van der Waals surface area contributed by atoms with Gasteiger partial charge < -0.3 is 5.32 Å². The predicted octanol–water partition coefficient (Wildman–Crippen LogP) is 2.07. The topological polar surface area (TPSA) is 83.6 Å². The summed E-state index contributed by atoms with van der Waals surface area (Å²) in [6.07, 6.45) is 1.42. The molecule has 112 valence electrons. The Morgan fingerprint density at radius 1 is 1.17 bits per heavy atom. The highest BCUT2D eigenvalue weighted by atomic mass is 16.2. The lowest BCUT2D eigenvalue weighted by molar-refractivity contribution is 0.0945. The number of nitrogens with zero attached hydrogens (tertiary/aromatic N) is 4. The second-order valence-electron chi connectivity index (χ2n) is 4.85. The van der Waals surface area contributed by atoms with Crippen LogP contribution in [0.1, 0.15) is 21.6 Å². The summed E-state index contributed by atoms with van der Waals surface area (Å²) in [4.78, 5) is 13.5. The lowest BCUT2D eigenvalue weighted by atomic mass is 10.1. The van der Waals surface area contributed by atoms with Crippen LogP contribution in [0.25, 0.3) is 5.69 Å². The first-order valence-electron chi connectivity index (χ1n) is 7.01. The first-order chi connectivity index (χ1) is 11.3. The predicted molar refractivity (Wildman–Crippen MR) is 83.7 cm³/mol. The number of rotatable bonds is 4. The molecule has 3 rings (SSSR count). The molecule has 0 radical (unpaired) electrons. The van der Waals surface area contributed by atoms with Crippen LogP contribution in [0.3, 0.4) is 0 Å². The second-order valence-corrected chi connectivity index (χ2v) is 4.85. The van der Waals surface area contributed by atoms with Gasteiger partial charge in [-0.15, -0.1) is 5.10 Å². The van der Waals surface area contributed by atoms with E-state index in [-0.39, 0.29) is 11.6 Å². The highest BCUT2D eigenvalue weighted by Gasteiger charge is 2.11. The number of aromatic nitrogens is 3. The summed E-state index contributed by atoms with van der Waals surface area (Å²) in [5, 5.41) is 19.9. The van der Waals surface area contributed by atoms with Crippen molar-refractivity contribution in [2.24, 2.45) is 0 Å². The number of carbonyl (C=O) groups excluding carboxylic acids is 1. The summed E-state index contributed by atoms with van der Waals surface area (Å²) in [5.74, 6) is -0.311. The molecule has 0 aliphatic rings. The summed E-state index contributed by atoms with van der Waals surface area (Å²) in [5.41, 5.74) is 2.44. The van der Waals surface area contributed by atoms with Gasteiger partial charge in [0, 0.05) is 6.54 Å². The average Bonchev–Trinajstić information content (AvgIpc) is 3.11. The van der Waals surface area contributed by atoms with E-state index >= 15 is 0 Å².